The quantitative estimate of drug-likeness (QED) is 0.504. The van der Waals surface area contributed by atoms with Gasteiger partial charge in [0.2, 0.25) is 0 Å². The Hall–Kier alpha value is -3.15. The Labute approximate surface area is 153 Å². The van der Waals surface area contributed by atoms with Gasteiger partial charge in [0.05, 0.1) is 19.0 Å². The van der Waals surface area contributed by atoms with Gasteiger partial charge in [0.25, 0.3) is 0 Å². The highest BCUT2D eigenvalue weighted by Gasteiger charge is 2.15. The summed E-state index contributed by atoms with van der Waals surface area (Å²) in [4.78, 5) is 23.8. The molecule has 0 radical (unpaired) electrons. The van der Waals surface area contributed by atoms with Crippen LogP contribution in [-0.4, -0.2) is 25.1 Å². The number of anilines is 1. The molecule has 0 saturated heterocycles. The van der Waals surface area contributed by atoms with E-state index in [9.17, 15) is 9.59 Å². The van der Waals surface area contributed by atoms with E-state index in [0.29, 0.717) is 11.4 Å². The molecule has 0 spiro atoms. The molecular formula is C20H23N3O3. The van der Waals surface area contributed by atoms with Crippen molar-refractivity contribution in [3.63, 3.8) is 0 Å². The maximum atomic E-state index is 11.9. The minimum atomic E-state index is -0.863. The molecular weight excluding hydrogens is 330 g/mol. The van der Waals surface area contributed by atoms with E-state index in [1.54, 1.807) is 24.3 Å². The Bertz CT molecular complexity index is 806. The predicted molar refractivity (Wildman–Crippen MR) is 103 cm³/mol. The van der Waals surface area contributed by atoms with Crippen LogP contribution >= 0.6 is 0 Å². The first-order valence-corrected chi connectivity index (χ1v) is 8.19. The van der Waals surface area contributed by atoms with Gasteiger partial charge in [0, 0.05) is 0 Å². The maximum absolute atomic E-state index is 11.9. The number of ether oxygens (including phenoxy) is 1. The van der Waals surface area contributed by atoms with Crippen LogP contribution < -0.4 is 15.5 Å². The number of rotatable bonds is 4. The summed E-state index contributed by atoms with van der Waals surface area (Å²) in [6.45, 7) is 6.41. The van der Waals surface area contributed by atoms with Crippen LogP contribution in [0.5, 0.6) is 5.75 Å². The van der Waals surface area contributed by atoms with Crippen LogP contribution in [0, 0.1) is 0 Å². The molecule has 136 valence electrons. The molecule has 2 amide bonds. The standard InChI is InChI=1S/C20H23N3O3/c1-20(2,3)15-11-9-14(10-12-15)13-21-23-19(25)18(24)22-16-7-5-6-8-17(16)26-4/h5-13H,1-4H3,(H,22,24)(H,23,25)/b21-13-. The van der Waals surface area contributed by atoms with Crippen molar-refractivity contribution in [2.45, 2.75) is 26.2 Å². The number of amides is 2. The van der Waals surface area contributed by atoms with E-state index in [-0.39, 0.29) is 5.41 Å². The molecule has 2 N–H and O–H groups in total. The van der Waals surface area contributed by atoms with Crippen molar-refractivity contribution >= 4 is 23.7 Å². The molecule has 0 fully saturated rings. The van der Waals surface area contributed by atoms with Crippen LogP contribution in [-0.2, 0) is 15.0 Å². The van der Waals surface area contributed by atoms with Gasteiger partial charge in [-0.25, -0.2) is 5.43 Å². The zero-order chi connectivity index (χ0) is 19.2. The summed E-state index contributed by atoms with van der Waals surface area (Å²) in [6.07, 6.45) is 1.49. The van der Waals surface area contributed by atoms with E-state index in [0.717, 1.165) is 5.56 Å². The zero-order valence-corrected chi connectivity index (χ0v) is 15.4. The van der Waals surface area contributed by atoms with E-state index in [1.807, 2.05) is 24.3 Å². The second-order valence-corrected chi connectivity index (χ2v) is 6.73. The summed E-state index contributed by atoms with van der Waals surface area (Å²) in [7, 11) is 1.49. The Morgan fingerprint density at radius 3 is 2.27 bits per heavy atom. The Kier molecular flexibility index (Phi) is 6.11. The largest absolute Gasteiger partial charge is 0.495 e. The minimum Gasteiger partial charge on any atom is -0.495 e. The average molecular weight is 353 g/mol. The minimum absolute atomic E-state index is 0.0699. The second kappa shape index (κ2) is 8.29. The van der Waals surface area contributed by atoms with Crippen molar-refractivity contribution in [1.82, 2.24) is 5.43 Å². The number of carbonyl (C=O) groups is 2. The van der Waals surface area contributed by atoms with Gasteiger partial charge >= 0.3 is 11.8 Å². The molecule has 2 aromatic rings. The molecule has 0 atom stereocenters. The molecule has 0 aliphatic rings. The third-order valence-corrected chi connectivity index (χ3v) is 3.72. The number of hydrogen-bond donors (Lipinski definition) is 2. The van der Waals surface area contributed by atoms with Crippen LogP contribution in [0.4, 0.5) is 5.69 Å². The van der Waals surface area contributed by atoms with Gasteiger partial charge in [-0.2, -0.15) is 5.10 Å². The molecule has 6 heteroatoms. The Morgan fingerprint density at radius 1 is 1.00 bits per heavy atom. The molecule has 0 aliphatic carbocycles. The van der Waals surface area contributed by atoms with Crippen molar-refractivity contribution in [3.8, 4) is 5.75 Å². The smallest absolute Gasteiger partial charge is 0.329 e. The molecule has 2 aromatic carbocycles. The number of nitrogens with zero attached hydrogens (tertiary/aromatic N) is 1. The summed E-state index contributed by atoms with van der Waals surface area (Å²) in [5.41, 5.74) is 4.72. The van der Waals surface area contributed by atoms with Crippen LogP contribution in [0.25, 0.3) is 0 Å². The van der Waals surface area contributed by atoms with Gasteiger partial charge in [-0.3, -0.25) is 9.59 Å². The molecule has 0 bridgehead atoms. The topological polar surface area (TPSA) is 79.8 Å². The van der Waals surface area contributed by atoms with Gasteiger partial charge in [-0.1, -0.05) is 57.2 Å². The van der Waals surface area contributed by atoms with Crippen LogP contribution in [0.1, 0.15) is 31.9 Å². The zero-order valence-electron chi connectivity index (χ0n) is 15.4. The first kappa shape index (κ1) is 19.2. The molecule has 6 nitrogen and oxygen atoms in total. The first-order chi connectivity index (χ1) is 12.3. The summed E-state index contributed by atoms with van der Waals surface area (Å²) in [5.74, 6) is -1.22. The lowest BCUT2D eigenvalue weighted by Gasteiger charge is -2.18. The summed E-state index contributed by atoms with van der Waals surface area (Å²) in [5, 5.41) is 6.31. The molecule has 2 rings (SSSR count). The fraction of sp³-hybridized carbons (Fsp3) is 0.250. The van der Waals surface area contributed by atoms with Crippen molar-refractivity contribution in [2.75, 3.05) is 12.4 Å². The van der Waals surface area contributed by atoms with Crippen molar-refractivity contribution in [2.24, 2.45) is 5.10 Å². The van der Waals surface area contributed by atoms with Crippen LogP contribution in [0.3, 0.4) is 0 Å². The molecule has 0 saturated carbocycles. The highest BCUT2D eigenvalue weighted by molar-refractivity contribution is 6.39. The number of para-hydroxylation sites is 2. The monoisotopic (exact) mass is 353 g/mol. The number of carbonyl (C=O) groups excluding carboxylic acids is 2. The normalized spacial score (nSPS) is 11.2. The molecule has 0 aliphatic heterocycles. The van der Waals surface area contributed by atoms with Gasteiger partial charge in [0.15, 0.2) is 0 Å². The Morgan fingerprint density at radius 2 is 1.65 bits per heavy atom. The SMILES string of the molecule is COc1ccccc1NC(=O)C(=O)N/N=C\c1ccc(C(C)(C)C)cc1. The van der Waals surface area contributed by atoms with Gasteiger partial charge < -0.3 is 10.1 Å². The highest BCUT2D eigenvalue weighted by atomic mass is 16.5. The lowest BCUT2D eigenvalue weighted by Crippen LogP contribution is -2.32. The average Bonchev–Trinajstić information content (AvgIpc) is 2.61. The first-order valence-electron chi connectivity index (χ1n) is 8.19. The van der Waals surface area contributed by atoms with E-state index in [2.05, 4.69) is 36.6 Å². The third-order valence-electron chi connectivity index (χ3n) is 3.72. The van der Waals surface area contributed by atoms with Crippen molar-refractivity contribution < 1.29 is 14.3 Å². The summed E-state index contributed by atoms with van der Waals surface area (Å²) >= 11 is 0. The van der Waals surface area contributed by atoms with Crippen LogP contribution in [0.2, 0.25) is 0 Å². The summed E-state index contributed by atoms with van der Waals surface area (Å²) in [6, 6.07) is 14.7. The summed E-state index contributed by atoms with van der Waals surface area (Å²) < 4.78 is 5.12. The van der Waals surface area contributed by atoms with Crippen molar-refractivity contribution in [1.29, 1.82) is 0 Å². The third kappa shape index (κ3) is 5.17. The molecule has 0 heterocycles. The predicted octanol–water partition coefficient (Wildman–Crippen LogP) is 3.08. The van der Waals surface area contributed by atoms with Crippen molar-refractivity contribution in [3.05, 3.63) is 59.7 Å². The Balaban J connectivity index is 1.93. The van der Waals surface area contributed by atoms with Gasteiger partial charge in [-0.15, -0.1) is 0 Å². The molecule has 0 aromatic heterocycles. The molecule has 26 heavy (non-hydrogen) atoms. The van der Waals surface area contributed by atoms with E-state index in [4.69, 9.17) is 4.74 Å². The lowest BCUT2D eigenvalue weighted by atomic mass is 9.87. The lowest BCUT2D eigenvalue weighted by molar-refractivity contribution is -0.136. The van der Waals surface area contributed by atoms with E-state index < -0.39 is 11.8 Å². The van der Waals surface area contributed by atoms with Crippen LogP contribution in [0.15, 0.2) is 53.6 Å². The fourth-order valence-electron chi connectivity index (χ4n) is 2.21. The van der Waals surface area contributed by atoms with E-state index in [1.165, 1.54) is 18.9 Å². The van der Waals surface area contributed by atoms with Gasteiger partial charge in [0.1, 0.15) is 5.75 Å². The fourth-order valence-corrected chi connectivity index (χ4v) is 2.21. The second-order valence-electron chi connectivity index (χ2n) is 6.73. The van der Waals surface area contributed by atoms with E-state index >= 15 is 0 Å². The number of hydrazone groups is 1. The highest BCUT2D eigenvalue weighted by Crippen LogP contribution is 2.23. The number of hydrogen-bond acceptors (Lipinski definition) is 4. The maximum Gasteiger partial charge on any atom is 0.329 e. The number of benzene rings is 2. The number of methoxy groups -OCH3 is 1. The number of nitrogens with one attached hydrogen (secondary N) is 2. The molecule has 0 unspecified atom stereocenters. The van der Waals surface area contributed by atoms with Gasteiger partial charge in [-0.05, 0) is 28.7 Å².